The van der Waals surface area contributed by atoms with E-state index in [1.165, 1.54) is 42.5 Å². The standard InChI is InChI=1S/C26H22N2O4S3/c1-17-8-12-21(13-9-17)34(29,30)26-19(3)27-28(35(31,32)22-14-10-18(2)11-15-22)25(26)24-16-20-6-4-5-7-23(20)33-24/h4-16H,1-3H3. The Morgan fingerprint density at radius 1 is 0.743 bits per heavy atom. The summed E-state index contributed by atoms with van der Waals surface area (Å²) in [4.78, 5) is 0.518. The highest BCUT2D eigenvalue weighted by Crippen LogP contribution is 2.41. The monoisotopic (exact) mass is 522 g/mol. The first kappa shape index (κ1) is 23.5. The average molecular weight is 523 g/mol. The molecule has 0 saturated heterocycles. The largest absolute Gasteiger partial charge is 0.283 e. The van der Waals surface area contributed by atoms with Crippen LogP contribution < -0.4 is 0 Å². The topological polar surface area (TPSA) is 86.1 Å². The van der Waals surface area contributed by atoms with Crippen molar-refractivity contribution in [2.45, 2.75) is 35.5 Å². The maximum Gasteiger partial charge on any atom is 0.283 e. The van der Waals surface area contributed by atoms with E-state index < -0.39 is 19.9 Å². The van der Waals surface area contributed by atoms with Crippen molar-refractivity contribution in [3.8, 4) is 10.6 Å². The zero-order valence-corrected chi connectivity index (χ0v) is 21.7. The molecular weight excluding hydrogens is 500 g/mol. The molecule has 0 fully saturated rings. The van der Waals surface area contributed by atoms with Gasteiger partial charge in [-0.1, -0.05) is 53.6 Å². The minimum Gasteiger partial charge on any atom is -0.218 e. The van der Waals surface area contributed by atoms with Crippen molar-refractivity contribution in [3.05, 3.63) is 95.7 Å². The van der Waals surface area contributed by atoms with Crippen LogP contribution in [0.2, 0.25) is 0 Å². The maximum absolute atomic E-state index is 13.9. The van der Waals surface area contributed by atoms with E-state index >= 15 is 0 Å². The Hall–Kier alpha value is -3.27. The van der Waals surface area contributed by atoms with Gasteiger partial charge in [0.25, 0.3) is 10.0 Å². The molecule has 0 radical (unpaired) electrons. The van der Waals surface area contributed by atoms with Crippen LogP contribution in [0.4, 0.5) is 0 Å². The molecule has 35 heavy (non-hydrogen) atoms. The van der Waals surface area contributed by atoms with E-state index in [4.69, 9.17) is 0 Å². The number of nitrogens with zero attached hydrogens (tertiary/aromatic N) is 2. The van der Waals surface area contributed by atoms with E-state index in [2.05, 4.69) is 5.10 Å². The van der Waals surface area contributed by atoms with E-state index in [0.29, 0.717) is 4.88 Å². The van der Waals surface area contributed by atoms with E-state index in [0.717, 1.165) is 25.3 Å². The predicted octanol–water partition coefficient (Wildman–Crippen LogP) is 5.76. The number of hydrogen-bond donors (Lipinski definition) is 0. The fourth-order valence-electron chi connectivity index (χ4n) is 3.94. The highest BCUT2D eigenvalue weighted by molar-refractivity contribution is 7.92. The Morgan fingerprint density at radius 2 is 1.31 bits per heavy atom. The molecule has 0 aliphatic heterocycles. The highest BCUT2D eigenvalue weighted by atomic mass is 32.2. The van der Waals surface area contributed by atoms with Gasteiger partial charge in [0.2, 0.25) is 9.84 Å². The molecule has 9 heteroatoms. The van der Waals surface area contributed by atoms with Crippen LogP contribution >= 0.6 is 11.3 Å². The van der Waals surface area contributed by atoms with Crippen molar-refractivity contribution >= 4 is 41.3 Å². The third-order valence-electron chi connectivity index (χ3n) is 5.78. The zero-order valence-electron chi connectivity index (χ0n) is 19.3. The van der Waals surface area contributed by atoms with Crippen LogP contribution in [0.5, 0.6) is 0 Å². The quantitative estimate of drug-likeness (QED) is 0.293. The molecule has 0 aliphatic rings. The molecule has 0 unspecified atom stereocenters. The van der Waals surface area contributed by atoms with Crippen LogP contribution in [0.25, 0.3) is 20.7 Å². The van der Waals surface area contributed by atoms with Gasteiger partial charge >= 0.3 is 0 Å². The molecule has 2 heterocycles. The lowest BCUT2D eigenvalue weighted by atomic mass is 10.2. The normalized spacial score (nSPS) is 12.3. The number of fused-ring (bicyclic) bond motifs is 1. The third kappa shape index (κ3) is 3.99. The number of benzene rings is 3. The Kier molecular flexibility index (Phi) is 5.66. The Balaban J connectivity index is 1.84. The van der Waals surface area contributed by atoms with Crippen molar-refractivity contribution in [3.63, 3.8) is 0 Å². The average Bonchev–Trinajstić information content (AvgIpc) is 3.41. The number of thiophene rings is 1. The first-order chi connectivity index (χ1) is 16.6. The maximum atomic E-state index is 13.9. The molecule has 0 aliphatic carbocycles. The van der Waals surface area contributed by atoms with E-state index in [9.17, 15) is 16.8 Å². The number of rotatable bonds is 5. The van der Waals surface area contributed by atoms with Crippen molar-refractivity contribution in [2.24, 2.45) is 0 Å². The van der Waals surface area contributed by atoms with Gasteiger partial charge in [-0.25, -0.2) is 8.42 Å². The molecule has 5 aromatic rings. The van der Waals surface area contributed by atoms with Crippen LogP contribution in [-0.4, -0.2) is 26.0 Å². The second kappa shape index (κ2) is 8.44. The molecule has 0 saturated carbocycles. The molecular formula is C26H22N2O4S3. The molecule has 6 nitrogen and oxygen atoms in total. The Bertz CT molecular complexity index is 1750. The zero-order chi connectivity index (χ0) is 25.0. The van der Waals surface area contributed by atoms with Gasteiger partial charge in [-0.3, -0.25) is 0 Å². The number of sulfone groups is 1. The van der Waals surface area contributed by atoms with Gasteiger partial charge in [0.05, 0.1) is 20.4 Å². The second-order valence-electron chi connectivity index (χ2n) is 8.39. The fraction of sp³-hybridized carbons (Fsp3) is 0.115. The fourth-order valence-corrected chi connectivity index (χ4v) is 8.17. The van der Waals surface area contributed by atoms with E-state index in [1.54, 1.807) is 24.3 Å². The van der Waals surface area contributed by atoms with Crippen molar-refractivity contribution in [2.75, 3.05) is 0 Å². The molecule has 0 spiro atoms. The summed E-state index contributed by atoms with van der Waals surface area (Å²) in [5, 5.41) is 5.19. The summed E-state index contributed by atoms with van der Waals surface area (Å²) in [6.45, 7) is 5.26. The van der Waals surface area contributed by atoms with E-state index in [-0.39, 0.29) is 26.1 Å². The molecule has 2 aromatic heterocycles. The SMILES string of the molecule is Cc1ccc(S(=O)(=O)c2c(C)nn(S(=O)(=O)c3ccc(C)cc3)c2-c2cc3ccccc3s2)cc1. The summed E-state index contributed by atoms with van der Waals surface area (Å²) in [5.41, 5.74) is 1.99. The predicted molar refractivity (Wildman–Crippen MR) is 138 cm³/mol. The van der Waals surface area contributed by atoms with Crippen molar-refractivity contribution in [1.29, 1.82) is 0 Å². The summed E-state index contributed by atoms with van der Waals surface area (Å²) in [7, 11) is -8.25. The molecule has 0 atom stereocenters. The first-order valence-corrected chi connectivity index (χ1v) is 14.6. The molecule has 178 valence electrons. The Labute approximate surface area is 208 Å². The summed E-state index contributed by atoms with van der Waals surface area (Å²) < 4.78 is 57.0. The second-order valence-corrected chi connectivity index (χ2v) is 13.1. The Morgan fingerprint density at radius 3 is 1.91 bits per heavy atom. The lowest BCUT2D eigenvalue weighted by Gasteiger charge is -2.10. The number of hydrogen-bond acceptors (Lipinski definition) is 6. The van der Waals surface area contributed by atoms with Gasteiger partial charge in [-0.15, -0.1) is 11.3 Å². The smallest absolute Gasteiger partial charge is 0.218 e. The molecule has 0 bridgehead atoms. The van der Waals surface area contributed by atoms with Crippen LogP contribution in [0, 0.1) is 20.8 Å². The van der Waals surface area contributed by atoms with Crippen LogP contribution in [0.15, 0.2) is 93.5 Å². The van der Waals surface area contributed by atoms with Gasteiger partial charge in [-0.05, 0) is 62.6 Å². The minimum atomic E-state index is -4.18. The van der Waals surface area contributed by atoms with Gasteiger partial charge in [0.15, 0.2) is 0 Å². The lowest BCUT2D eigenvalue weighted by molar-refractivity contribution is 0.580. The van der Waals surface area contributed by atoms with Gasteiger partial charge in [-0.2, -0.15) is 17.6 Å². The van der Waals surface area contributed by atoms with Gasteiger partial charge < -0.3 is 0 Å². The molecule has 0 amide bonds. The third-order valence-corrected chi connectivity index (χ3v) is 10.4. The highest BCUT2D eigenvalue weighted by Gasteiger charge is 2.34. The summed E-state index contributed by atoms with van der Waals surface area (Å²) in [5.74, 6) is 0. The molecule has 5 rings (SSSR count). The van der Waals surface area contributed by atoms with Crippen LogP contribution in [0.1, 0.15) is 16.8 Å². The van der Waals surface area contributed by atoms with Crippen molar-refractivity contribution < 1.29 is 16.8 Å². The molecule has 0 N–H and O–H groups in total. The minimum absolute atomic E-state index is 0.0345. The number of aromatic nitrogens is 2. The van der Waals surface area contributed by atoms with Gasteiger partial charge in [0.1, 0.15) is 10.6 Å². The summed E-state index contributed by atoms with van der Waals surface area (Å²) in [6.07, 6.45) is 0. The van der Waals surface area contributed by atoms with Crippen molar-refractivity contribution in [1.82, 2.24) is 9.19 Å². The number of aryl methyl sites for hydroxylation is 3. The van der Waals surface area contributed by atoms with Crippen LogP contribution in [-0.2, 0) is 19.9 Å². The lowest BCUT2D eigenvalue weighted by Crippen LogP contribution is -2.16. The summed E-state index contributed by atoms with van der Waals surface area (Å²) >= 11 is 1.33. The van der Waals surface area contributed by atoms with E-state index in [1.807, 2.05) is 44.2 Å². The summed E-state index contributed by atoms with van der Waals surface area (Å²) in [6, 6.07) is 22.3. The van der Waals surface area contributed by atoms with Crippen LogP contribution in [0.3, 0.4) is 0 Å². The van der Waals surface area contributed by atoms with Gasteiger partial charge in [0, 0.05) is 4.70 Å². The first-order valence-electron chi connectivity index (χ1n) is 10.8. The molecule has 3 aromatic carbocycles.